The average Bonchev–Trinajstić information content (AvgIpc) is 3.06. The second kappa shape index (κ2) is 7.58. The molecule has 146 valence electrons. The maximum absolute atomic E-state index is 12.5. The van der Waals surface area contributed by atoms with Gasteiger partial charge < -0.3 is 0 Å². The van der Waals surface area contributed by atoms with Crippen LogP contribution in [0.4, 0.5) is 0 Å². The van der Waals surface area contributed by atoms with E-state index >= 15 is 0 Å². The van der Waals surface area contributed by atoms with Crippen molar-refractivity contribution in [2.24, 2.45) is 0 Å². The van der Waals surface area contributed by atoms with Crippen LogP contribution in [0.25, 0.3) is 20.9 Å². The van der Waals surface area contributed by atoms with Gasteiger partial charge >= 0.3 is 7.80 Å². The minimum absolute atomic E-state index is 0.132. The van der Waals surface area contributed by atoms with Crippen molar-refractivity contribution in [2.75, 3.05) is 6.66 Å². The van der Waals surface area contributed by atoms with E-state index in [1.165, 1.54) is 21.6 Å². The molecule has 2 aromatic carbocycles. The molecule has 0 aliphatic carbocycles. The van der Waals surface area contributed by atoms with Gasteiger partial charge in [0.2, 0.25) is 5.30 Å². The molecule has 0 spiro atoms. The predicted molar refractivity (Wildman–Crippen MR) is 126 cm³/mol. The van der Waals surface area contributed by atoms with Gasteiger partial charge in [-0.05, 0) is 33.1 Å². The Morgan fingerprint density at radius 3 is 1.54 bits per heavy atom. The topological polar surface area (TPSA) is 17.1 Å². The first-order valence-corrected chi connectivity index (χ1v) is 12.3. The van der Waals surface area contributed by atoms with Crippen LogP contribution < -0.4 is 5.30 Å². The van der Waals surface area contributed by atoms with E-state index in [1.807, 2.05) is 0 Å². The van der Waals surface area contributed by atoms with Crippen molar-refractivity contribution >= 4 is 24.4 Å². The Morgan fingerprint density at radius 2 is 1.14 bits per heavy atom. The maximum atomic E-state index is 12.5. The summed E-state index contributed by atoms with van der Waals surface area (Å²) in [5, 5.41) is 0.957. The van der Waals surface area contributed by atoms with Crippen molar-refractivity contribution in [1.82, 2.24) is 0 Å². The fraction of sp³-hybridized carbons (Fsp3) is 0.360. The molecule has 0 aliphatic rings. The molecule has 0 saturated heterocycles. The molecule has 0 bridgehead atoms. The van der Waals surface area contributed by atoms with Gasteiger partial charge in [-0.25, -0.2) is 0 Å². The molecule has 0 fully saturated rings. The lowest BCUT2D eigenvalue weighted by Gasteiger charge is -2.19. The zero-order valence-corrected chi connectivity index (χ0v) is 19.7. The van der Waals surface area contributed by atoms with Gasteiger partial charge in [-0.1, -0.05) is 94.6 Å². The summed E-state index contributed by atoms with van der Waals surface area (Å²) < 4.78 is 12.5. The SMILES string of the molecule is C[P+](=O)c1cc(-c2ccc(C(C)(C)C)cc2)sc1-c1ccc(C(C)(C)C)cc1. The minimum atomic E-state index is -1.40. The van der Waals surface area contributed by atoms with Crippen molar-refractivity contribution in [3.05, 3.63) is 65.7 Å². The van der Waals surface area contributed by atoms with Crippen LogP contribution in [-0.4, -0.2) is 6.66 Å². The summed E-state index contributed by atoms with van der Waals surface area (Å²) in [5.74, 6) is 0. The molecule has 1 aromatic heterocycles. The zero-order chi connectivity index (χ0) is 20.7. The zero-order valence-electron chi connectivity index (χ0n) is 18.0. The minimum Gasteiger partial charge on any atom is -0.130 e. The fourth-order valence-corrected chi connectivity index (χ4v) is 5.62. The summed E-state index contributed by atoms with van der Waals surface area (Å²) in [5.41, 5.74) is 5.25. The lowest BCUT2D eigenvalue weighted by Crippen LogP contribution is -2.10. The highest BCUT2D eigenvalue weighted by Gasteiger charge is 2.24. The Kier molecular flexibility index (Phi) is 5.67. The fourth-order valence-electron chi connectivity index (χ4n) is 3.22. The van der Waals surface area contributed by atoms with E-state index in [9.17, 15) is 4.57 Å². The first-order chi connectivity index (χ1) is 13.0. The van der Waals surface area contributed by atoms with E-state index in [0.717, 1.165) is 15.7 Å². The highest BCUT2D eigenvalue weighted by Crippen LogP contribution is 2.39. The molecule has 28 heavy (non-hydrogen) atoms. The summed E-state index contributed by atoms with van der Waals surface area (Å²) in [6.45, 7) is 15.2. The van der Waals surface area contributed by atoms with E-state index in [4.69, 9.17) is 0 Å². The van der Waals surface area contributed by atoms with Crippen molar-refractivity contribution < 1.29 is 4.57 Å². The quantitative estimate of drug-likeness (QED) is 0.404. The Bertz CT molecular complexity index is 981. The third kappa shape index (κ3) is 4.45. The van der Waals surface area contributed by atoms with Crippen LogP contribution in [0.3, 0.4) is 0 Å². The Labute approximate surface area is 174 Å². The molecule has 3 heteroatoms. The molecule has 0 amide bonds. The number of hydrogen-bond donors (Lipinski definition) is 0. The van der Waals surface area contributed by atoms with Gasteiger partial charge in [0.1, 0.15) is 6.66 Å². The first-order valence-electron chi connectivity index (χ1n) is 9.73. The Balaban J connectivity index is 2.02. The van der Waals surface area contributed by atoms with E-state index in [1.54, 1.807) is 18.0 Å². The van der Waals surface area contributed by atoms with Gasteiger partial charge in [-0.3, -0.25) is 0 Å². The summed E-state index contributed by atoms with van der Waals surface area (Å²) >= 11 is 1.74. The van der Waals surface area contributed by atoms with Crippen molar-refractivity contribution in [1.29, 1.82) is 0 Å². The second-order valence-corrected chi connectivity index (χ2v) is 12.0. The molecule has 0 aliphatic heterocycles. The van der Waals surface area contributed by atoms with E-state index in [-0.39, 0.29) is 10.8 Å². The van der Waals surface area contributed by atoms with Gasteiger partial charge in [0.15, 0.2) is 0 Å². The summed E-state index contributed by atoms with van der Waals surface area (Å²) in [6.07, 6.45) is 0. The van der Waals surface area contributed by atoms with Crippen molar-refractivity contribution in [2.45, 2.75) is 52.4 Å². The first kappa shape index (κ1) is 21.0. The summed E-state index contributed by atoms with van der Waals surface area (Å²) in [6, 6.07) is 19.6. The second-order valence-electron chi connectivity index (χ2n) is 9.48. The van der Waals surface area contributed by atoms with Gasteiger partial charge in [0.25, 0.3) is 0 Å². The van der Waals surface area contributed by atoms with Crippen LogP contribution >= 0.6 is 19.1 Å². The third-order valence-corrected chi connectivity index (χ3v) is 7.52. The highest BCUT2D eigenvalue weighted by molar-refractivity contribution is 7.54. The average molecular weight is 410 g/mol. The van der Waals surface area contributed by atoms with E-state index in [2.05, 4.69) is 96.1 Å². The molecular formula is C25H30OPS+. The number of hydrogen-bond acceptors (Lipinski definition) is 2. The molecular weight excluding hydrogens is 379 g/mol. The van der Waals surface area contributed by atoms with Crippen molar-refractivity contribution in [3.63, 3.8) is 0 Å². The highest BCUT2D eigenvalue weighted by atomic mass is 32.1. The van der Waals surface area contributed by atoms with Gasteiger partial charge in [-0.2, -0.15) is 0 Å². The molecule has 3 aromatic rings. The maximum Gasteiger partial charge on any atom is 0.375 e. The van der Waals surface area contributed by atoms with Crippen molar-refractivity contribution in [3.8, 4) is 20.9 Å². The van der Waals surface area contributed by atoms with Gasteiger partial charge in [0.05, 0.1) is 4.88 Å². The standard InChI is InChI=1S/C25H30OPS/c1-24(2,3)19-12-8-17(9-13-19)22-16-21(27(7)26)23(28-22)18-10-14-20(15-11-18)25(4,5)6/h8-16H,1-7H3/q+1. The predicted octanol–water partition coefficient (Wildman–Crippen LogP) is 7.76. The Morgan fingerprint density at radius 1 is 0.714 bits per heavy atom. The number of rotatable bonds is 3. The molecule has 1 atom stereocenters. The largest absolute Gasteiger partial charge is 0.375 e. The van der Waals surface area contributed by atoms with Crippen LogP contribution in [0.15, 0.2) is 54.6 Å². The Hall–Kier alpha value is -1.76. The molecule has 0 N–H and O–H groups in total. The number of benzene rings is 2. The van der Waals surface area contributed by atoms with Crippen LogP contribution in [0.1, 0.15) is 52.7 Å². The molecule has 0 saturated carbocycles. The monoisotopic (exact) mass is 409 g/mol. The number of thiophene rings is 1. The van der Waals surface area contributed by atoms with Gasteiger partial charge in [-0.15, -0.1) is 11.3 Å². The third-order valence-electron chi connectivity index (χ3n) is 5.10. The van der Waals surface area contributed by atoms with E-state index < -0.39 is 7.80 Å². The van der Waals surface area contributed by atoms with Crippen LogP contribution in [0.5, 0.6) is 0 Å². The lowest BCUT2D eigenvalue weighted by atomic mass is 9.86. The lowest BCUT2D eigenvalue weighted by molar-refractivity contribution is 0.590. The normalized spacial score (nSPS) is 12.9. The molecule has 1 heterocycles. The molecule has 1 nitrogen and oxygen atoms in total. The molecule has 0 radical (unpaired) electrons. The smallest absolute Gasteiger partial charge is 0.130 e. The van der Waals surface area contributed by atoms with Crippen LogP contribution in [0.2, 0.25) is 0 Å². The molecule has 1 unspecified atom stereocenters. The summed E-state index contributed by atoms with van der Waals surface area (Å²) in [4.78, 5) is 2.30. The van der Waals surface area contributed by atoms with Crippen LogP contribution in [-0.2, 0) is 15.4 Å². The van der Waals surface area contributed by atoms with Gasteiger partial charge in [0, 0.05) is 10.9 Å². The van der Waals surface area contributed by atoms with Crippen LogP contribution in [0, 0.1) is 0 Å². The van der Waals surface area contributed by atoms with E-state index in [0.29, 0.717) is 0 Å². The summed E-state index contributed by atoms with van der Waals surface area (Å²) in [7, 11) is -1.40. The molecule has 3 rings (SSSR count).